The molecular formula is C25H42BF4OP. The Labute approximate surface area is 193 Å². The Hall–Kier alpha value is -0.765. The minimum atomic E-state index is -6.00. The van der Waals surface area contributed by atoms with Crippen LogP contribution >= 0.6 is 7.92 Å². The van der Waals surface area contributed by atoms with Crippen LogP contribution in [0.2, 0.25) is 0 Å². The molecule has 1 aromatic carbocycles. The van der Waals surface area contributed by atoms with E-state index in [-0.39, 0.29) is 10.8 Å². The van der Waals surface area contributed by atoms with Gasteiger partial charge in [-0.2, -0.15) is 0 Å². The zero-order valence-corrected chi connectivity index (χ0v) is 22.5. The Kier molecular flexibility index (Phi) is 7.83. The van der Waals surface area contributed by atoms with Crippen molar-refractivity contribution in [2.24, 2.45) is 17.3 Å². The maximum atomic E-state index is 9.75. The minimum absolute atomic E-state index is 0.0958. The molecule has 0 aromatic heterocycles. The van der Waals surface area contributed by atoms with Crippen molar-refractivity contribution in [1.29, 1.82) is 0 Å². The van der Waals surface area contributed by atoms with Crippen LogP contribution in [0.4, 0.5) is 17.3 Å². The molecule has 7 heteroatoms. The van der Waals surface area contributed by atoms with Crippen LogP contribution in [-0.2, 0) is 10.8 Å². The largest absolute Gasteiger partial charge is 0.673 e. The molecule has 0 spiro atoms. The summed E-state index contributed by atoms with van der Waals surface area (Å²) in [5.41, 5.74) is 4.42. The van der Waals surface area contributed by atoms with Gasteiger partial charge in [-0.15, -0.1) is 0 Å². The van der Waals surface area contributed by atoms with Crippen LogP contribution in [0.15, 0.2) is 12.1 Å². The fraction of sp³-hybridized carbons (Fsp3) is 0.760. The summed E-state index contributed by atoms with van der Waals surface area (Å²) in [5, 5.41) is 1.67. The lowest BCUT2D eigenvalue weighted by atomic mass is 9.79. The number of ether oxygens (including phenoxy) is 1. The van der Waals surface area contributed by atoms with Gasteiger partial charge < -0.3 is 22.0 Å². The lowest BCUT2D eigenvalue weighted by molar-refractivity contribution is 0.356. The average Bonchev–Trinajstić information content (AvgIpc) is 3.09. The van der Waals surface area contributed by atoms with Gasteiger partial charge in [0, 0.05) is 30.4 Å². The van der Waals surface area contributed by atoms with E-state index in [1.54, 1.807) is 5.30 Å². The number of hydrogen-bond acceptors (Lipinski definition) is 1. The van der Waals surface area contributed by atoms with Gasteiger partial charge in [-0.05, 0) is 41.7 Å². The number of hydrogen-bond donors (Lipinski definition) is 0. The first-order valence-electron chi connectivity index (χ1n) is 11.7. The van der Waals surface area contributed by atoms with Gasteiger partial charge >= 0.3 is 7.25 Å². The van der Waals surface area contributed by atoms with Crippen molar-refractivity contribution < 1.29 is 22.0 Å². The SMILES string of the molecule is COc1c(C(C)(C)C)cc([PH+]2C[C@@H](C)[C@@H]3CCC(C)(C)[C@@H]32)cc1C(C)(C)C.F[B-](F)(F)F. The van der Waals surface area contributed by atoms with Gasteiger partial charge in [0.25, 0.3) is 0 Å². The van der Waals surface area contributed by atoms with Crippen molar-refractivity contribution in [3.63, 3.8) is 0 Å². The highest BCUT2D eigenvalue weighted by atomic mass is 31.1. The molecule has 0 bridgehead atoms. The number of fused-ring (bicyclic) bond motifs is 1. The van der Waals surface area contributed by atoms with Crippen LogP contribution in [0.5, 0.6) is 5.75 Å². The maximum Gasteiger partial charge on any atom is 0.673 e. The topological polar surface area (TPSA) is 9.23 Å². The third-order valence-corrected chi connectivity index (χ3v) is 11.4. The molecule has 2 fully saturated rings. The third kappa shape index (κ3) is 6.22. The Morgan fingerprint density at radius 3 is 1.78 bits per heavy atom. The highest BCUT2D eigenvalue weighted by Crippen LogP contribution is 2.66. The lowest BCUT2D eigenvalue weighted by Gasteiger charge is -2.31. The van der Waals surface area contributed by atoms with Gasteiger partial charge in [0.1, 0.15) is 5.75 Å². The predicted molar refractivity (Wildman–Crippen MR) is 133 cm³/mol. The van der Waals surface area contributed by atoms with Gasteiger partial charge in [-0.3, -0.25) is 0 Å². The zero-order chi connectivity index (χ0) is 24.9. The summed E-state index contributed by atoms with van der Waals surface area (Å²) >= 11 is 0. The molecule has 184 valence electrons. The number of halogens is 4. The second-order valence-corrected chi connectivity index (χ2v) is 15.1. The fourth-order valence-corrected chi connectivity index (χ4v) is 10.5. The molecule has 1 heterocycles. The van der Waals surface area contributed by atoms with Crippen LogP contribution in [0, 0.1) is 17.3 Å². The summed E-state index contributed by atoms with van der Waals surface area (Å²) in [5.74, 6) is 2.96. The van der Waals surface area contributed by atoms with E-state index in [9.17, 15) is 17.3 Å². The Balaban J connectivity index is 0.000000654. The fourth-order valence-electron chi connectivity index (χ4n) is 5.85. The highest BCUT2D eigenvalue weighted by Gasteiger charge is 2.58. The standard InChI is InChI=1S/C25H41OP.BF4/c1-16-15-27(22-18(16)11-12-25(22,8)9)17-13-19(23(2,3)4)21(26-10)20(14-17)24(5,6)7;2-1(3,4)5/h13-14,16,18,22H,11-12,15H2,1-10H3;/q;-1/p+1/t16-,18+,22-,27?;/m1./s1. The summed E-state index contributed by atoms with van der Waals surface area (Å²) in [4.78, 5) is 0. The van der Waals surface area contributed by atoms with Crippen LogP contribution in [0.3, 0.4) is 0 Å². The van der Waals surface area contributed by atoms with Gasteiger partial charge in [0.2, 0.25) is 0 Å². The van der Waals surface area contributed by atoms with E-state index in [4.69, 9.17) is 4.74 Å². The number of rotatable bonds is 2. The molecule has 0 amide bonds. The van der Waals surface area contributed by atoms with E-state index in [1.165, 1.54) is 30.1 Å². The highest BCUT2D eigenvalue weighted by molar-refractivity contribution is 7.66. The summed E-state index contributed by atoms with van der Waals surface area (Å²) in [6.07, 6.45) is 4.31. The molecule has 1 saturated heterocycles. The van der Waals surface area contributed by atoms with E-state index >= 15 is 0 Å². The normalized spacial score (nSPS) is 27.6. The van der Waals surface area contributed by atoms with Crippen molar-refractivity contribution in [2.75, 3.05) is 13.3 Å². The van der Waals surface area contributed by atoms with Crippen LogP contribution in [-0.4, -0.2) is 26.2 Å². The molecule has 3 rings (SSSR count). The van der Waals surface area contributed by atoms with Crippen molar-refractivity contribution in [1.82, 2.24) is 0 Å². The summed E-state index contributed by atoms with van der Waals surface area (Å²) < 4.78 is 45.0. The van der Waals surface area contributed by atoms with E-state index in [0.717, 1.165) is 23.2 Å². The summed E-state index contributed by atoms with van der Waals surface area (Å²) in [7, 11) is -4.71. The van der Waals surface area contributed by atoms with Crippen molar-refractivity contribution in [2.45, 2.75) is 91.6 Å². The monoisotopic (exact) mass is 476 g/mol. The quantitative estimate of drug-likeness (QED) is 0.240. The second kappa shape index (κ2) is 9.12. The van der Waals surface area contributed by atoms with E-state index in [2.05, 4.69) is 74.4 Å². The smallest absolute Gasteiger partial charge is 0.496 e. The van der Waals surface area contributed by atoms with Gasteiger partial charge in [0.05, 0.1) is 24.2 Å². The molecule has 1 saturated carbocycles. The molecule has 1 unspecified atom stereocenters. The van der Waals surface area contributed by atoms with E-state index in [0.29, 0.717) is 5.41 Å². The molecule has 4 atom stereocenters. The Morgan fingerprint density at radius 1 is 0.969 bits per heavy atom. The maximum absolute atomic E-state index is 9.75. The first-order chi connectivity index (χ1) is 14.3. The summed E-state index contributed by atoms with van der Waals surface area (Å²) in [6.45, 7) is 21.6. The molecule has 0 N–H and O–H groups in total. The summed E-state index contributed by atoms with van der Waals surface area (Å²) in [6, 6.07) is 5.09. The molecule has 1 aliphatic heterocycles. The van der Waals surface area contributed by atoms with E-state index in [1.807, 2.05) is 7.11 Å². The van der Waals surface area contributed by atoms with Crippen molar-refractivity contribution in [3.8, 4) is 5.75 Å². The zero-order valence-electron chi connectivity index (χ0n) is 21.5. The van der Waals surface area contributed by atoms with Crippen LogP contribution in [0.25, 0.3) is 0 Å². The third-order valence-electron chi connectivity index (χ3n) is 7.32. The molecule has 0 radical (unpaired) electrons. The second-order valence-electron chi connectivity index (χ2n) is 12.5. The minimum Gasteiger partial charge on any atom is -0.496 e. The first-order valence-corrected chi connectivity index (χ1v) is 13.5. The molecular weight excluding hydrogens is 434 g/mol. The van der Waals surface area contributed by atoms with Gasteiger partial charge in [0.15, 0.2) is 0 Å². The number of methoxy groups -OCH3 is 1. The Morgan fingerprint density at radius 2 is 1.41 bits per heavy atom. The molecule has 32 heavy (non-hydrogen) atoms. The van der Waals surface area contributed by atoms with Crippen LogP contribution < -0.4 is 10.0 Å². The molecule has 1 nitrogen and oxygen atoms in total. The van der Waals surface area contributed by atoms with E-state index < -0.39 is 15.2 Å². The molecule has 1 aromatic rings. The lowest BCUT2D eigenvalue weighted by Crippen LogP contribution is -2.28. The van der Waals surface area contributed by atoms with Crippen molar-refractivity contribution in [3.05, 3.63) is 23.3 Å². The average molecular weight is 476 g/mol. The Bertz CT molecular complexity index is 767. The predicted octanol–water partition coefficient (Wildman–Crippen LogP) is 7.88. The molecule has 1 aliphatic carbocycles. The molecule has 2 aliphatic rings. The van der Waals surface area contributed by atoms with Crippen LogP contribution in [0.1, 0.15) is 86.3 Å². The van der Waals surface area contributed by atoms with Crippen molar-refractivity contribution >= 4 is 20.5 Å². The number of benzene rings is 1. The van der Waals surface area contributed by atoms with Gasteiger partial charge in [-0.1, -0.05) is 62.3 Å². The van der Waals surface area contributed by atoms with Gasteiger partial charge in [-0.25, -0.2) is 0 Å². The first kappa shape index (κ1) is 27.5.